The van der Waals surface area contributed by atoms with E-state index in [0.717, 1.165) is 10.6 Å². The molecule has 0 saturated heterocycles. The average Bonchev–Trinajstić information content (AvgIpc) is 2.60. The van der Waals surface area contributed by atoms with Gasteiger partial charge in [0.05, 0.1) is 42.4 Å². The third kappa shape index (κ3) is 4.39. The Bertz CT molecular complexity index is 931. The second kappa shape index (κ2) is 7.84. The zero-order valence-corrected chi connectivity index (χ0v) is 16.3. The molecule has 1 amide bonds. The first-order chi connectivity index (χ1) is 12.2. The molecule has 0 atom stereocenters. The second-order valence-corrected chi connectivity index (χ2v) is 7.84. The van der Waals surface area contributed by atoms with Crippen molar-refractivity contribution < 1.29 is 22.7 Å². The molecule has 0 heterocycles. The van der Waals surface area contributed by atoms with Crippen molar-refractivity contribution in [2.24, 2.45) is 0 Å². The maximum absolute atomic E-state index is 12.5. The summed E-state index contributed by atoms with van der Waals surface area (Å²) in [5.74, 6) is 0.570. The number of nitrogens with zero attached hydrogens (tertiary/aromatic N) is 1. The van der Waals surface area contributed by atoms with Gasteiger partial charge in [-0.3, -0.25) is 9.10 Å². The maximum atomic E-state index is 12.5. The Hall–Kier alpha value is -2.45. The number of ether oxygens (including phenoxy) is 2. The first-order valence-corrected chi connectivity index (χ1v) is 9.67. The van der Waals surface area contributed by atoms with Crippen molar-refractivity contribution in [2.75, 3.05) is 37.1 Å². The predicted molar refractivity (Wildman–Crippen MR) is 102 cm³/mol. The van der Waals surface area contributed by atoms with Gasteiger partial charge in [-0.15, -0.1) is 0 Å². The van der Waals surface area contributed by atoms with Crippen LogP contribution in [0, 0.1) is 0 Å². The summed E-state index contributed by atoms with van der Waals surface area (Å²) in [4.78, 5) is 12.5. The van der Waals surface area contributed by atoms with Gasteiger partial charge in [-0.05, 0) is 30.3 Å². The number of amides is 1. The molecule has 0 aliphatic heterocycles. The molecule has 1 N–H and O–H groups in total. The fourth-order valence-electron chi connectivity index (χ4n) is 2.17. The van der Waals surface area contributed by atoms with E-state index in [-0.39, 0.29) is 10.6 Å². The molecule has 9 heteroatoms. The Labute approximate surface area is 157 Å². The molecule has 0 radical (unpaired) electrons. The number of rotatable bonds is 6. The molecule has 0 spiro atoms. The van der Waals surface area contributed by atoms with Gasteiger partial charge in [0.15, 0.2) is 0 Å². The lowest BCUT2D eigenvalue weighted by Crippen LogP contribution is -2.25. The largest absolute Gasteiger partial charge is 0.497 e. The van der Waals surface area contributed by atoms with Crippen molar-refractivity contribution in [2.45, 2.75) is 0 Å². The molecule has 0 aliphatic carbocycles. The Morgan fingerprint density at radius 1 is 1.12 bits per heavy atom. The molecular weight excluding hydrogens is 380 g/mol. The Morgan fingerprint density at radius 3 is 2.35 bits per heavy atom. The number of hydrogen-bond donors (Lipinski definition) is 1. The third-order valence-corrected chi connectivity index (χ3v) is 5.23. The van der Waals surface area contributed by atoms with Gasteiger partial charge in [0.2, 0.25) is 10.0 Å². The van der Waals surface area contributed by atoms with Crippen molar-refractivity contribution in [1.82, 2.24) is 0 Å². The minimum Gasteiger partial charge on any atom is -0.497 e. The molecule has 7 nitrogen and oxygen atoms in total. The zero-order valence-electron chi connectivity index (χ0n) is 14.7. The number of sulfonamides is 1. The average molecular weight is 399 g/mol. The molecule has 140 valence electrons. The van der Waals surface area contributed by atoms with Crippen molar-refractivity contribution in [1.29, 1.82) is 0 Å². The molecule has 2 aromatic carbocycles. The smallest absolute Gasteiger partial charge is 0.257 e. The topological polar surface area (TPSA) is 84.9 Å². The monoisotopic (exact) mass is 398 g/mol. The lowest BCUT2D eigenvalue weighted by molar-refractivity contribution is 0.102. The summed E-state index contributed by atoms with van der Waals surface area (Å²) < 4.78 is 34.6. The van der Waals surface area contributed by atoms with E-state index in [1.807, 2.05) is 0 Å². The lowest BCUT2D eigenvalue weighted by Gasteiger charge is -2.18. The van der Waals surface area contributed by atoms with Crippen LogP contribution in [0.25, 0.3) is 0 Å². The summed E-state index contributed by atoms with van der Waals surface area (Å²) in [6, 6.07) is 9.36. The van der Waals surface area contributed by atoms with Gasteiger partial charge < -0.3 is 14.8 Å². The van der Waals surface area contributed by atoms with Crippen LogP contribution in [0.5, 0.6) is 11.5 Å². The molecule has 0 unspecified atom stereocenters. The fraction of sp³-hybridized carbons (Fsp3) is 0.235. The van der Waals surface area contributed by atoms with E-state index in [9.17, 15) is 13.2 Å². The molecule has 0 saturated carbocycles. The van der Waals surface area contributed by atoms with E-state index in [0.29, 0.717) is 22.9 Å². The van der Waals surface area contributed by atoms with E-state index in [1.54, 1.807) is 18.2 Å². The number of methoxy groups -OCH3 is 2. The van der Waals surface area contributed by atoms with E-state index in [2.05, 4.69) is 5.32 Å². The quantitative estimate of drug-likeness (QED) is 0.808. The van der Waals surface area contributed by atoms with E-state index in [4.69, 9.17) is 21.1 Å². The van der Waals surface area contributed by atoms with Gasteiger partial charge >= 0.3 is 0 Å². The zero-order chi connectivity index (χ0) is 19.5. The van der Waals surface area contributed by atoms with Crippen molar-refractivity contribution in [3.8, 4) is 11.5 Å². The SMILES string of the molecule is COc1ccc(NC(=O)c2ccc(N(C)S(C)(=O)=O)cc2Cl)c(OC)c1. The number of anilines is 2. The Kier molecular flexibility index (Phi) is 5.99. The van der Waals surface area contributed by atoms with Gasteiger partial charge in [0.1, 0.15) is 11.5 Å². The van der Waals surface area contributed by atoms with E-state index < -0.39 is 15.9 Å². The number of carbonyl (C=O) groups is 1. The van der Waals surface area contributed by atoms with Crippen molar-refractivity contribution >= 4 is 38.9 Å². The van der Waals surface area contributed by atoms with Gasteiger partial charge in [-0.25, -0.2) is 8.42 Å². The van der Waals surface area contributed by atoms with Crippen LogP contribution in [-0.4, -0.2) is 41.8 Å². The summed E-state index contributed by atoms with van der Waals surface area (Å²) in [5.41, 5.74) is 1.01. The standard InChI is InChI=1S/C17H19ClN2O5S/c1-20(26(4,22)23)11-5-7-13(14(18)9-11)17(21)19-15-8-6-12(24-2)10-16(15)25-3/h5-10H,1-4H3,(H,19,21). The number of hydrogen-bond acceptors (Lipinski definition) is 5. The number of carbonyl (C=O) groups excluding carboxylic acids is 1. The summed E-state index contributed by atoms with van der Waals surface area (Å²) >= 11 is 6.17. The van der Waals surface area contributed by atoms with Crippen LogP contribution in [0.4, 0.5) is 11.4 Å². The van der Waals surface area contributed by atoms with Crippen LogP contribution in [0.3, 0.4) is 0 Å². The molecule has 2 rings (SSSR count). The highest BCUT2D eigenvalue weighted by Crippen LogP contribution is 2.30. The maximum Gasteiger partial charge on any atom is 0.257 e. The second-order valence-electron chi connectivity index (χ2n) is 5.41. The summed E-state index contributed by atoms with van der Waals surface area (Å²) in [6.07, 6.45) is 1.08. The van der Waals surface area contributed by atoms with Gasteiger partial charge in [-0.1, -0.05) is 11.6 Å². The van der Waals surface area contributed by atoms with Crippen LogP contribution in [0.15, 0.2) is 36.4 Å². The van der Waals surface area contributed by atoms with Crippen LogP contribution in [-0.2, 0) is 10.0 Å². The molecular formula is C17H19ClN2O5S. The molecule has 0 aliphatic rings. The number of benzene rings is 2. The van der Waals surface area contributed by atoms with Gasteiger partial charge in [0.25, 0.3) is 5.91 Å². The first kappa shape index (κ1) is 19.9. The van der Waals surface area contributed by atoms with Crippen molar-refractivity contribution in [3.63, 3.8) is 0 Å². The first-order valence-electron chi connectivity index (χ1n) is 7.44. The molecule has 0 aromatic heterocycles. The highest BCUT2D eigenvalue weighted by atomic mass is 35.5. The summed E-state index contributed by atoms with van der Waals surface area (Å²) in [6.45, 7) is 0. The Morgan fingerprint density at radius 2 is 1.81 bits per heavy atom. The van der Waals surface area contributed by atoms with E-state index in [1.165, 1.54) is 39.5 Å². The van der Waals surface area contributed by atoms with Crippen LogP contribution >= 0.6 is 11.6 Å². The normalized spacial score (nSPS) is 11.0. The molecule has 0 fully saturated rings. The van der Waals surface area contributed by atoms with Crippen molar-refractivity contribution in [3.05, 3.63) is 47.0 Å². The summed E-state index contributed by atoms with van der Waals surface area (Å²) in [5, 5.41) is 2.84. The van der Waals surface area contributed by atoms with Crippen LogP contribution in [0.1, 0.15) is 10.4 Å². The van der Waals surface area contributed by atoms with Gasteiger partial charge in [-0.2, -0.15) is 0 Å². The van der Waals surface area contributed by atoms with Gasteiger partial charge in [0, 0.05) is 13.1 Å². The molecule has 2 aromatic rings. The lowest BCUT2D eigenvalue weighted by atomic mass is 10.1. The number of nitrogens with one attached hydrogen (secondary N) is 1. The molecule has 26 heavy (non-hydrogen) atoms. The van der Waals surface area contributed by atoms with Crippen LogP contribution in [0.2, 0.25) is 5.02 Å². The summed E-state index contributed by atoms with van der Waals surface area (Å²) in [7, 11) is 0.991. The minimum absolute atomic E-state index is 0.128. The highest BCUT2D eigenvalue weighted by Gasteiger charge is 2.17. The predicted octanol–water partition coefficient (Wildman–Crippen LogP) is 3.01. The minimum atomic E-state index is -3.42. The fourth-order valence-corrected chi connectivity index (χ4v) is 2.92. The number of halogens is 1. The van der Waals surface area contributed by atoms with Crippen LogP contribution < -0.4 is 19.1 Å². The van der Waals surface area contributed by atoms with E-state index >= 15 is 0 Å². The highest BCUT2D eigenvalue weighted by molar-refractivity contribution is 7.92. The third-order valence-electron chi connectivity index (χ3n) is 3.72. The Balaban J connectivity index is 2.28. The molecule has 0 bridgehead atoms.